The summed E-state index contributed by atoms with van der Waals surface area (Å²) in [6.45, 7) is 3.57. The van der Waals surface area contributed by atoms with E-state index in [1.165, 1.54) is 0 Å². The number of imidazole rings is 1. The van der Waals surface area contributed by atoms with Crippen LogP contribution in [0, 0.1) is 5.92 Å². The summed E-state index contributed by atoms with van der Waals surface area (Å²) in [5, 5.41) is 6.41. The minimum Gasteiger partial charge on any atom is -0.352 e. The van der Waals surface area contributed by atoms with E-state index in [0.29, 0.717) is 12.6 Å². The molecule has 0 spiro atoms. The van der Waals surface area contributed by atoms with Gasteiger partial charge in [0, 0.05) is 37.1 Å². The van der Waals surface area contributed by atoms with E-state index in [9.17, 15) is 4.79 Å². The smallest absolute Gasteiger partial charge is 0.223 e. The Morgan fingerprint density at radius 1 is 1.50 bits per heavy atom. The second-order valence-corrected chi connectivity index (χ2v) is 5.79. The van der Waals surface area contributed by atoms with Crippen LogP contribution in [0.25, 0.3) is 5.82 Å². The van der Waals surface area contributed by atoms with E-state index in [1.54, 1.807) is 18.7 Å². The Bertz CT molecular complexity index is 625. The molecule has 116 valence electrons. The summed E-state index contributed by atoms with van der Waals surface area (Å²) in [5.41, 5.74) is 1.04. The number of nitrogens with one attached hydrogen (secondary N) is 2. The molecule has 0 aromatic carbocycles. The summed E-state index contributed by atoms with van der Waals surface area (Å²) in [5.74, 6) is 1.07. The van der Waals surface area contributed by atoms with Crippen LogP contribution in [-0.2, 0) is 11.3 Å². The molecular formula is C16H21N5O. The highest BCUT2D eigenvalue weighted by molar-refractivity contribution is 5.78. The molecule has 22 heavy (non-hydrogen) atoms. The molecule has 2 atom stereocenters. The Morgan fingerprint density at radius 2 is 2.41 bits per heavy atom. The van der Waals surface area contributed by atoms with Crippen LogP contribution < -0.4 is 10.6 Å². The van der Waals surface area contributed by atoms with E-state index in [0.717, 1.165) is 30.8 Å². The van der Waals surface area contributed by atoms with Gasteiger partial charge in [-0.1, -0.05) is 0 Å². The van der Waals surface area contributed by atoms with Crippen molar-refractivity contribution in [1.82, 2.24) is 25.2 Å². The third kappa shape index (κ3) is 3.51. The Balaban J connectivity index is 1.59. The fraction of sp³-hybridized carbons (Fsp3) is 0.438. The van der Waals surface area contributed by atoms with Crippen LogP contribution >= 0.6 is 0 Å². The van der Waals surface area contributed by atoms with Crippen LogP contribution in [0.2, 0.25) is 0 Å². The van der Waals surface area contributed by atoms with Gasteiger partial charge in [0.05, 0.1) is 0 Å². The van der Waals surface area contributed by atoms with Crippen molar-refractivity contribution in [2.75, 3.05) is 6.54 Å². The number of piperidine rings is 1. The summed E-state index contributed by atoms with van der Waals surface area (Å²) in [4.78, 5) is 20.6. The number of pyridine rings is 1. The Kier molecular flexibility index (Phi) is 4.48. The molecule has 1 aliphatic heterocycles. The van der Waals surface area contributed by atoms with Crippen molar-refractivity contribution in [3.05, 3.63) is 42.6 Å². The van der Waals surface area contributed by atoms with Gasteiger partial charge in [0.1, 0.15) is 12.1 Å². The number of hydrogen-bond donors (Lipinski definition) is 2. The van der Waals surface area contributed by atoms with Crippen LogP contribution in [0.5, 0.6) is 0 Å². The summed E-state index contributed by atoms with van der Waals surface area (Å²) in [7, 11) is 0. The minimum absolute atomic E-state index is 0.117. The van der Waals surface area contributed by atoms with Crippen molar-refractivity contribution in [2.45, 2.75) is 32.4 Å². The van der Waals surface area contributed by atoms with Gasteiger partial charge in [0.25, 0.3) is 0 Å². The number of carbonyl (C=O) groups is 1. The maximum Gasteiger partial charge on any atom is 0.223 e. The highest BCUT2D eigenvalue weighted by atomic mass is 16.1. The highest BCUT2D eigenvalue weighted by Gasteiger charge is 2.24. The molecule has 0 bridgehead atoms. The number of amides is 1. The average Bonchev–Trinajstić information content (AvgIpc) is 3.07. The van der Waals surface area contributed by atoms with E-state index >= 15 is 0 Å². The summed E-state index contributed by atoms with van der Waals surface area (Å²) < 4.78 is 1.85. The quantitative estimate of drug-likeness (QED) is 0.892. The number of carbonyl (C=O) groups excluding carboxylic acids is 1. The lowest BCUT2D eigenvalue weighted by atomic mass is 9.92. The lowest BCUT2D eigenvalue weighted by Gasteiger charge is -2.27. The molecule has 1 fully saturated rings. The predicted octanol–water partition coefficient (Wildman–Crippen LogP) is 1.27. The molecule has 0 unspecified atom stereocenters. The average molecular weight is 299 g/mol. The normalized spacial score (nSPS) is 21.5. The topological polar surface area (TPSA) is 71.8 Å². The number of aromatic nitrogens is 3. The fourth-order valence-corrected chi connectivity index (χ4v) is 2.81. The Hall–Kier alpha value is -2.21. The largest absolute Gasteiger partial charge is 0.352 e. The molecule has 0 radical (unpaired) electrons. The summed E-state index contributed by atoms with van der Waals surface area (Å²) in [6, 6.07) is 4.30. The van der Waals surface area contributed by atoms with E-state index < -0.39 is 0 Å². The lowest BCUT2D eigenvalue weighted by Crippen LogP contribution is -2.42. The standard InChI is InChI=1S/C16H21N5O/c1-12-8-14(3-5-18-12)16(22)20-10-13-2-4-19-15(9-13)21-7-6-17-11-21/h2,4,6-7,9,11-12,14,18H,3,5,8,10H2,1H3,(H,20,22)/t12-,14-/m0/s1. The molecule has 2 N–H and O–H groups in total. The number of nitrogens with zero attached hydrogens (tertiary/aromatic N) is 3. The first-order valence-corrected chi connectivity index (χ1v) is 7.67. The van der Waals surface area contributed by atoms with E-state index in [2.05, 4.69) is 27.5 Å². The molecule has 3 rings (SSSR count). The maximum absolute atomic E-state index is 12.3. The van der Waals surface area contributed by atoms with Crippen molar-refractivity contribution in [3.63, 3.8) is 0 Å². The van der Waals surface area contributed by atoms with Crippen LogP contribution in [0.4, 0.5) is 0 Å². The SMILES string of the molecule is C[C@H]1C[C@@H](C(=O)NCc2ccnc(-n3ccnc3)c2)CCN1. The molecule has 6 nitrogen and oxygen atoms in total. The van der Waals surface area contributed by atoms with Crippen molar-refractivity contribution in [3.8, 4) is 5.82 Å². The summed E-state index contributed by atoms with van der Waals surface area (Å²) >= 11 is 0. The molecule has 0 saturated carbocycles. The molecule has 2 aromatic heterocycles. The lowest BCUT2D eigenvalue weighted by molar-refractivity contribution is -0.126. The van der Waals surface area contributed by atoms with E-state index in [4.69, 9.17) is 0 Å². The van der Waals surface area contributed by atoms with Gasteiger partial charge in [-0.2, -0.15) is 0 Å². The van der Waals surface area contributed by atoms with E-state index in [1.807, 2.05) is 22.9 Å². The predicted molar refractivity (Wildman–Crippen MR) is 83.4 cm³/mol. The van der Waals surface area contributed by atoms with Crippen molar-refractivity contribution in [2.24, 2.45) is 5.92 Å². The molecule has 1 aliphatic rings. The van der Waals surface area contributed by atoms with Gasteiger partial charge in [-0.15, -0.1) is 0 Å². The first kappa shape index (κ1) is 14.7. The molecule has 0 aliphatic carbocycles. The van der Waals surface area contributed by atoms with Gasteiger partial charge >= 0.3 is 0 Å². The minimum atomic E-state index is 0.117. The third-order valence-electron chi connectivity index (χ3n) is 4.04. The molecule has 3 heterocycles. The van der Waals surface area contributed by atoms with Crippen LogP contribution in [0.15, 0.2) is 37.1 Å². The first-order chi connectivity index (χ1) is 10.7. The fourth-order valence-electron chi connectivity index (χ4n) is 2.81. The molecule has 1 saturated heterocycles. The Morgan fingerprint density at radius 3 is 3.18 bits per heavy atom. The van der Waals surface area contributed by atoms with E-state index in [-0.39, 0.29) is 11.8 Å². The monoisotopic (exact) mass is 299 g/mol. The molecule has 1 amide bonds. The first-order valence-electron chi connectivity index (χ1n) is 7.67. The van der Waals surface area contributed by atoms with Crippen molar-refractivity contribution < 1.29 is 4.79 Å². The molecule has 6 heteroatoms. The zero-order chi connectivity index (χ0) is 15.4. The van der Waals surface area contributed by atoms with Gasteiger partial charge in [0.15, 0.2) is 0 Å². The van der Waals surface area contributed by atoms with Gasteiger partial charge in [-0.25, -0.2) is 9.97 Å². The highest BCUT2D eigenvalue weighted by Crippen LogP contribution is 2.16. The zero-order valence-electron chi connectivity index (χ0n) is 12.7. The van der Waals surface area contributed by atoms with Gasteiger partial charge < -0.3 is 10.6 Å². The Labute approximate surface area is 130 Å². The van der Waals surface area contributed by atoms with Gasteiger partial charge in [-0.05, 0) is 44.0 Å². The van der Waals surface area contributed by atoms with Crippen LogP contribution in [-0.4, -0.2) is 33.0 Å². The number of rotatable bonds is 4. The van der Waals surface area contributed by atoms with Crippen molar-refractivity contribution >= 4 is 5.91 Å². The van der Waals surface area contributed by atoms with Gasteiger partial charge in [0.2, 0.25) is 5.91 Å². The van der Waals surface area contributed by atoms with Crippen molar-refractivity contribution in [1.29, 1.82) is 0 Å². The summed E-state index contributed by atoms with van der Waals surface area (Å²) in [6.07, 6.45) is 8.84. The van der Waals surface area contributed by atoms with Crippen LogP contribution in [0.3, 0.4) is 0 Å². The van der Waals surface area contributed by atoms with Gasteiger partial charge in [-0.3, -0.25) is 9.36 Å². The molecular weight excluding hydrogens is 278 g/mol. The maximum atomic E-state index is 12.3. The zero-order valence-corrected chi connectivity index (χ0v) is 12.7. The second kappa shape index (κ2) is 6.70. The number of hydrogen-bond acceptors (Lipinski definition) is 4. The third-order valence-corrected chi connectivity index (χ3v) is 4.04. The molecule has 2 aromatic rings. The van der Waals surface area contributed by atoms with Crippen LogP contribution in [0.1, 0.15) is 25.3 Å². The second-order valence-electron chi connectivity index (χ2n) is 5.79.